The first-order chi connectivity index (χ1) is 15.0. The molecular formula is C25H24FN3O2. The standard InChI is InChI=1S/C25H24FN3O2/c26-21-11-4-17(5-12-21)15-24(30)29-14-2-1-3-23(29)20-10-13-22(28-16-20)18-6-8-19(9-7-18)25(27)31/h4-13,16,23H,1-3,14-15H2,(H2,27,31). The van der Waals surface area contributed by atoms with Crippen LogP contribution in [0.2, 0.25) is 0 Å². The number of hydrogen-bond acceptors (Lipinski definition) is 3. The van der Waals surface area contributed by atoms with Crippen molar-refractivity contribution in [1.82, 2.24) is 9.88 Å². The van der Waals surface area contributed by atoms with E-state index in [1.165, 1.54) is 12.1 Å². The fraction of sp³-hybridized carbons (Fsp3) is 0.240. The minimum atomic E-state index is -0.461. The number of nitrogens with two attached hydrogens (primary N) is 1. The lowest BCUT2D eigenvalue weighted by atomic mass is 9.95. The van der Waals surface area contributed by atoms with E-state index in [1.54, 1.807) is 24.3 Å². The predicted molar refractivity (Wildman–Crippen MR) is 117 cm³/mol. The predicted octanol–water partition coefficient (Wildman–Crippen LogP) is 4.28. The number of piperidine rings is 1. The fourth-order valence-electron chi connectivity index (χ4n) is 4.03. The average Bonchev–Trinajstić information content (AvgIpc) is 2.81. The molecule has 31 heavy (non-hydrogen) atoms. The molecule has 3 aromatic rings. The van der Waals surface area contributed by atoms with Gasteiger partial charge < -0.3 is 10.6 Å². The molecule has 0 bridgehead atoms. The third kappa shape index (κ3) is 4.79. The largest absolute Gasteiger partial charge is 0.366 e. The summed E-state index contributed by atoms with van der Waals surface area (Å²) < 4.78 is 13.1. The Morgan fingerprint density at radius 1 is 1.00 bits per heavy atom. The summed E-state index contributed by atoms with van der Waals surface area (Å²) in [6.07, 6.45) is 5.01. The van der Waals surface area contributed by atoms with Crippen molar-refractivity contribution in [3.8, 4) is 11.3 Å². The van der Waals surface area contributed by atoms with Gasteiger partial charge in [0.05, 0.1) is 18.2 Å². The number of benzene rings is 2. The first-order valence-corrected chi connectivity index (χ1v) is 10.4. The van der Waals surface area contributed by atoms with Crippen LogP contribution in [0.4, 0.5) is 4.39 Å². The Balaban J connectivity index is 1.50. The molecule has 1 aliphatic rings. The number of amides is 2. The maximum Gasteiger partial charge on any atom is 0.248 e. The molecule has 2 N–H and O–H groups in total. The highest BCUT2D eigenvalue weighted by Gasteiger charge is 2.28. The number of rotatable bonds is 5. The van der Waals surface area contributed by atoms with E-state index in [0.29, 0.717) is 12.1 Å². The smallest absolute Gasteiger partial charge is 0.248 e. The highest BCUT2D eigenvalue weighted by molar-refractivity contribution is 5.93. The molecule has 0 radical (unpaired) electrons. The van der Waals surface area contributed by atoms with Crippen molar-refractivity contribution in [2.24, 2.45) is 5.73 Å². The molecule has 0 saturated carbocycles. The maximum absolute atomic E-state index is 13.1. The number of pyridine rings is 1. The van der Waals surface area contributed by atoms with Gasteiger partial charge in [-0.3, -0.25) is 14.6 Å². The summed E-state index contributed by atoms with van der Waals surface area (Å²) in [5.74, 6) is -0.720. The van der Waals surface area contributed by atoms with Crippen LogP contribution < -0.4 is 5.73 Å². The van der Waals surface area contributed by atoms with Crippen molar-refractivity contribution in [3.05, 3.63) is 89.4 Å². The monoisotopic (exact) mass is 417 g/mol. The van der Waals surface area contributed by atoms with Crippen LogP contribution in [0.3, 0.4) is 0 Å². The number of primary amides is 1. The van der Waals surface area contributed by atoms with Crippen molar-refractivity contribution >= 4 is 11.8 Å². The zero-order valence-corrected chi connectivity index (χ0v) is 17.1. The molecule has 4 rings (SSSR count). The molecule has 6 heteroatoms. The molecule has 2 amide bonds. The van der Waals surface area contributed by atoms with Crippen LogP contribution in [-0.4, -0.2) is 28.2 Å². The summed E-state index contributed by atoms with van der Waals surface area (Å²) in [7, 11) is 0. The van der Waals surface area contributed by atoms with E-state index in [4.69, 9.17) is 5.73 Å². The van der Waals surface area contributed by atoms with E-state index in [9.17, 15) is 14.0 Å². The Morgan fingerprint density at radius 2 is 1.74 bits per heavy atom. The third-order valence-electron chi connectivity index (χ3n) is 5.73. The zero-order valence-electron chi connectivity index (χ0n) is 17.1. The molecule has 1 aliphatic heterocycles. The number of aromatic nitrogens is 1. The fourth-order valence-corrected chi connectivity index (χ4v) is 4.03. The number of likely N-dealkylation sites (tertiary alicyclic amines) is 1. The SMILES string of the molecule is NC(=O)c1ccc(-c2ccc(C3CCCCN3C(=O)Cc3ccc(F)cc3)cn2)cc1. The lowest BCUT2D eigenvalue weighted by molar-refractivity contribution is -0.134. The van der Waals surface area contributed by atoms with Gasteiger partial charge in [0.25, 0.3) is 0 Å². The van der Waals surface area contributed by atoms with Gasteiger partial charge in [-0.15, -0.1) is 0 Å². The molecular weight excluding hydrogens is 393 g/mol. The molecule has 1 fully saturated rings. The highest BCUT2D eigenvalue weighted by Crippen LogP contribution is 2.32. The summed E-state index contributed by atoms with van der Waals surface area (Å²) in [4.78, 5) is 30.7. The van der Waals surface area contributed by atoms with Crippen LogP contribution in [0, 0.1) is 5.82 Å². The number of carbonyl (C=O) groups is 2. The van der Waals surface area contributed by atoms with E-state index in [1.807, 2.05) is 35.4 Å². The second-order valence-electron chi connectivity index (χ2n) is 7.82. The Kier molecular flexibility index (Phi) is 6.07. The second-order valence-corrected chi connectivity index (χ2v) is 7.82. The minimum absolute atomic E-state index is 0.0134. The molecule has 1 aromatic heterocycles. The first-order valence-electron chi connectivity index (χ1n) is 10.4. The molecule has 5 nitrogen and oxygen atoms in total. The van der Waals surface area contributed by atoms with Gasteiger partial charge in [0.15, 0.2) is 0 Å². The van der Waals surface area contributed by atoms with Crippen LogP contribution in [0.25, 0.3) is 11.3 Å². The Labute approximate surface area is 180 Å². The van der Waals surface area contributed by atoms with Gasteiger partial charge in [-0.05, 0) is 60.7 Å². The number of carbonyl (C=O) groups excluding carboxylic acids is 2. The summed E-state index contributed by atoms with van der Waals surface area (Å²) in [6, 6.07) is 17.0. The zero-order chi connectivity index (χ0) is 21.8. The molecule has 2 aromatic carbocycles. The van der Waals surface area contributed by atoms with Crippen LogP contribution in [0.1, 0.15) is 46.8 Å². The van der Waals surface area contributed by atoms with E-state index in [0.717, 1.165) is 41.6 Å². The number of halogens is 1. The topological polar surface area (TPSA) is 76.3 Å². The summed E-state index contributed by atoms with van der Waals surface area (Å²) in [5.41, 5.74) is 9.25. The Bertz CT molecular complexity index is 1060. The minimum Gasteiger partial charge on any atom is -0.366 e. The van der Waals surface area contributed by atoms with Gasteiger partial charge in [0, 0.05) is 23.9 Å². The summed E-state index contributed by atoms with van der Waals surface area (Å²) in [6.45, 7) is 0.709. The quantitative estimate of drug-likeness (QED) is 0.673. The highest BCUT2D eigenvalue weighted by atomic mass is 19.1. The molecule has 1 saturated heterocycles. The Hall–Kier alpha value is -3.54. The van der Waals surface area contributed by atoms with E-state index < -0.39 is 5.91 Å². The number of nitrogens with zero attached hydrogens (tertiary/aromatic N) is 2. The molecule has 1 unspecified atom stereocenters. The van der Waals surface area contributed by atoms with Gasteiger partial charge in [0.1, 0.15) is 5.82 Å². The van der Waals surface area contributed by atoms with Crippen LogP contribution in [0.15, 0.2) is 66.9 Å². The van der Waals surface area contributed by atoms with E-state index >= 15 is 0 Å². The van der Waals surface area contributed by atoms with Crippen molar-refractivity contribution in [2.75, 3.05) is 6.54 Å². The van der Waals surface area contributed by atoms with E-state index in [-0.39, 0.29) is 24.2 Å². The van der Waals surface area contributed by atoms with Gasteiger partial charge >= 0.3 is 0 Å². The third-order valence-corrected chi connectivity index (χ3v) is 5.73. The van der Waals surface area contributed by atoms with Gasteiger partial charge in [0.2, 0.25) is 11.8 Å². The van der Waals surface area contributed by atoms with Crippen molar-refractivity contribution < 1.29 is 14.0 Å². The second kappa shape index (κ2) is 9.08. The lowest BCUT2D eigenvalue weighted by Gasteiger charge is -2.36. The van der Waals surface area contributed by atoms with Crippen LogP contribution >= 0.6 is 0 Å². The van der Waals surface area contributed by atoms with Gasteiger partial charge in [-0.2, -0.15) is 0 Å². The van der Waals surface area contributed by atoms with Gasteiger partial charge in [-0.1, -0.05) is 30.3 Å². The normalized spacial score (nSPS) is 16.2. The molecule has 0 spiro atoms. The molecule has 2 heterocycles. The molecule has 0 aliphatic carbocycles. The van der Waals surface area contributed by atoms with Crippen molar-refractivity contribution in [1.29, 1.82) is 0 Å². The Morgan fingerprint density at radius 3 is 2.39 bits per heavy atom. The first kappa shape index (κ1) is 20.7. The molecule has 158 valence electrons. The van der Waals surface area contributed by atoms with E-state index in [2.05, 4.69) is 4.98 Å². The lowest BCUT2D eigenvalue weighted by Crippen LogP contribution is -2.39. The average molecular weight is 417 g/mol. The maximum atomic E-state index is 13.1. The molecule has 1 atom stereocenters. The van der Waals surface area contributed by atoms with Crippen molar-refractivity contribution in [3.63, 3.8) is 0 Å². The van der Waals surface area contributed by atoms with Gasteiger partial charge in [-0.25, -0.2) is 4.39 Å². The summed E-state index contributed by atoms with van der Waals surface area (Å²) in [5, 5.41) is 0. The van der Waals surface area contributed by atoms with Crippen LogP contribution in [-0.2, 0) is 11.2 Å². The summed E-state index contributed by atoms with van der Waals surface area (Å²) >= 11 is 0. The van der Waals surface area contributed by atoms with Crippen molar-refractivity contribution in [2.45, 2.75) is 31.7 Å². The number of hydrogen-bond donors (Lipinski definition) is 1. The van der Waals surface area contributed by atoms with Crippen LogP contribution in [0.5, 0.6) is 0 Å².